The molecule has 322 valence electrons. The summed E-state index contributed by atoms with van der Waals surface area (Å²) in [7, 11) is 0. The van der Waals surface area contributed by atoms with Crippen LogP contribution in [0.4, 0.5) is 0 Å². The first-order valence-electron chi connectivity index (χ1n) is 24.1. The lowest BCUT2D eigenvalue weighted by atomic mass is 9.81. The molecule has 0 radical (unpaired) electrons. The van der Waals surface area contributed by atoms with Crippen LogP contribution in [-0.2, 0) is 0 Å². The van der Waals surface area contributed by atoms with E-state index in [9.17, 15) is 0 Å². The summed E-state index contributed by atoms with van der Waals surface area (Å²) in [4.78, 5) is 0. The molecule has 0 saturated carbocycles. The minimum absolute atomic E-state index is 0.886. The summed E-state index contributed by atoms with van der Waals surface area (Å²) < 4.78 is 13.1. The Kier molecular flexibility index (Phi) is 7.64. The van der Waals surface area contributed by atoms with E-state index in [1.54, 1.807) is 0 Å². The van der Waals surface area contributed by atoms with E-state index >= 15 is 0 Å². The van der Waals surface area contributed by atoms with Gasteiger partial charge in [0.25, 0.3) is 0 Å². The van der Waals surface area contributed by atoms with Crippen molar-refractivity contribution in [3.63, 3.8) is 0 Å². The summed E-state index contributed by atoms with van der Waals surface area (Å²) in [5.74, 6) is 0. The summed E-state index contributed by atoms with van der Waals surface area (Å²) in [6.07, 6.45) is 0. The standard InChI is InChI=1S/C68H38O2/c1-2-16-40-34-55-54(33-39(40)15-1)43-17-3-4-18-44(43)57-38-64-60(37-56(55)57)59-36-42(30-32-63(59)70-64)66-48-22-7-11-26-52(48)68(53-27-12-8-23-49(53)66)67-50-24-9-5-20-46(50)65(47-21-6-10-25-51(47)67)41-29-31-62-58(35-41)45-19-13-14-28-61(45)69-62/h1-38H. The fourth-order valence-corrected chi connectivity index (χ4v) is 12.4. The van der Waals surface area contributed by atoms with E-state index in [2.05, 4.69) is 224 Å². The van der Waals surface area contributed by atoms with E-state index in [-0.39, 0.29) is 0 Å². The first kappa shape index (κ1) is 37.8. The molecular weight excluding hydrogens is 849 g/mol. The van der Waals surface area contributed by atoms with Gasteiger partial charge in [-0.3, -0.25) is 0 Å². The predicted octanol–water partition coefficient (Wildman–Crippen LogP) is 19.7. The summed E-state index contributed by atoms with van der Waals surface area (Å²) in [5.41, 5.74) is 10.9. The van der Waals surface area contributed by atoms with Crippen LogP contribution >= 0.6 is 0 Å². The first-order chi connectivity index (χ1) is 34.7. The SMILES string of the molecule is c1ccc2cc3c(cc2c1)c1ccccc1c1cc2oc4ccc(-c5c6ccccc6c(-c6c7ccccc7c(-c7ccc8oc9ccccc9c8c7)c7ccccc67)c6ccccc56)cc4c2cc31. The van der Waals surface area contributed by atoms with Crippen LogP contribution in [-0.4, -0.2) is 0 Å². The van der Waals surface area contributed by atoms with Gasteiger partial charge in [0.05, 0.1) is 0 Å². The number of furan rings is 2. The van der Waals surface area contributed by atoms with Crippen molar-refractivity contribution in [1.82, 2.24) is 0 Å². The van der Waals surface area contributed by atoms with Gasteiger partial charge in [0.15, 0.2) is 0 Å². The summed E-state index contributed by atoms with van der Waals surface area (Å²) in [5, 5.41) is 24.2. The molecular formula is C68H38O2. The van der Waals surface area contributed by atoms with Gasteiger partial charge in [-0.1, -0.05) is 176 Å². The second-order valence-electron chi connectivity index (χ2n) is 19.0. The minimum Gasteiger partial charge on any atom is -0.456 e. The van der Waals surface area contributed by atoms with Crippen molar-refractivity contribution >= 4 is 130 Å². The summed E-state index contributed by atoms with van der Waals surface area (Å²) >= 11 is 0. The molecule has 0 unspecified atom stereocenters. The van der Waals surface area contributed by atoms with E-state index < -0.39 is 0 Å². The Morgan fingerprint density at radius 2 is 0.486 bits per heavy atom. The van der Waals surface area contributed by atoms with Crippen LogP contribution in [0.3, 0.4) is 0 Å². The van der Waals surface area contributed by atoms with Gasteiger partial charge in [0.2, 0.25) is 0 Å². The van der Waals surface area contributed by atoms with Crippen molar-refractivity contribution in [2.75, 3.05) is 0 Å². The number of para-hydroxylation sites is 1. The van der Waals surface area contributed by atoms with Gasteiger partial charge in [-0.05, 0) is 174 Å². The van der Waals surface area contributed by atoms with Gasteiger partial charge in [0.1, 0.15) is 22.3 Å². The van der Waals surface area contributed by atoms with E-state index in [1.807, 2.05) is 6.07 Å². The maximum absolute atomic E-state index is 6.79. The molecule has 0 aliphatic carbocycles. The van der Waals surface area contributed by atoms with Crippen LogP contribution in [0, 0.1) is 0 Å². The normalized spacial score (nSPS) is 12.3. The van der Waals surface area contributed by atoms with Gasteiger partial charge in [-0.15, -0.1) is 0 Å². The van der Waals surface area contributed by atoms with Crippen molar-refractivity contribution < 1.29 is 8.83 Å². The van der Waals surface area contributed by atoms with Crippen LogP contribution < -0.4 is 0 Å². The molecule has 16 aromatic rings. The Bertz CT molecular complexity index is 4840. The Labute approximate surface area is 400 Å². The third-order valence-electron chi connectivity index (χ3n) is 15.4. The number of rotatable bonds is 3. The Balaban J connectivity index is 0.955. The average Bonchev–Trinajstić information content (AvgIpc) is 3.98. The number of hydrogen-bond donors (Lipinski definition) is 0. The molecule has 0 atom stereocenters. The maximum atomic E-state index is 6.79. The third kappa shape index (κ3) is 5.22. The van der Waals surface area contributed by atoms with Gasteiger partial charge in [-0.2, -0.15) is 0 Å². The van der Waals surface area contributed by atoms with E-state index in [0.29, 0.717) is 0 Å². The second kappa shape index (κ2) is 14.1. The molecule has 0 amide bonds. The molecule has 70 heavy (non-hydrogen) atoms. The highest BCUT2D eigenvalue weighted by molar-refractivity contribution is 6.32. The highest BCUT2D eigenvalue weighted by Crippen LogP contribution is 2.51. The lowest BCUT2D eigenvalue weighted by molar-refractivity contribution is 0.669. The van der Waals surface area contributed by atoms with E-state index in [1.165, 1.54) is 114 Å². The monoisotopic (exact) mass is 886 g/mol. The van der Waals surface area contributed by atoms with E-state index in [0.717, 1.165) is 49.4 Å². The molecule has 2 nitrogen and oxygen atoms in total. The molecule has 0 N–H and O–H groups in total. The van der Waals surface area contributed by atoms with Crippen molar-refractivity contribution in [3.8, 4) is 33.4 Å². The van der Waals surface area contributed by atoms with Crippen molar-refractivity contribution in [2.45, 2.75) is 0 Å². The number of fused-ring (bicyclic) bond motifs is 17. The molecule has 2 aromatic heterocycles. The Morgan fingerprint density at radius 3 is 0.971 bits per heavy atom. The first-order valence-corrected chi connectivity index (χ1v) is 24.1. The molecule has 0 bridgehead atoms. The second-order valence-corrected chi connectivity index (χ2v) is 19.0. The van der Waals surface area contributed by atoms with Crippen LogP contribution in [0.25, 0.3) is 163 Å². The van der Waals surface area contributed by atoms with Gasteiger partial charge < -0.3 is 8.83 Å². The van der Waals surface area contributed by atoms with Crippen molar-refractivity contribution in [3.05, 3.63) is 231 Å². The van der Waals surface area contributed by atoms with Crippen molar-refractivity contribution in [1.29, 1.82) is 0 Å². The quantitative estimate of drug-likeness (QED) is 0.131. The smallest absolute Gasteiger partial charge is 0.136 e. The van der Waals surface area contributed by atoms with Crippen LogP contribution in [0.1, 0.15) is 0 Å². The Morgan fingerprint density at radius 1 is 0.171 bits per heavy atom. The average molecular weight is 887 g/mol. The molecule has 0 saturated heterocycles. The predicted molar refractivity (Wildman–Crippen MR) is 297 cm³/mol. The third-order valence-corrected chi connectivity index (χ3v) is 15.4. The zero-order valence-corrected chi connectivity index (χ0v) is 37.8. The fraction of sp³-hybridized carbons (Fsp3) is 0. The molecule has 0 fully saturated rings. The summed E-state index contributed by atoms with van der Waals surface area (Å²) in [6, 6.07) is 84.8. The number of hydrogen-bond acceptors (Lipinski definition) is 2. The van der Waals surface area contributed by atoms with Gasteiger partial charge in [-0.25, -0.2) is 0 Å². The molecule has 14 aromatic carbocycles. The fourth-order valence-electron chi connectivity index (χ4n) is 12.4. The topological polar surface area (TPSA) is 26.3 Å². The lowest BCUT2D eigenvalue weighted by Crippen LogP contribution is -1.94. The highest BCUT2D eigenvalue weighted by Gasteiger charge is 2.24. The molecule has 0 spiro atoms. The van der Waals surface area contributed by atoms with Gasteiger partial charge in [0, 0.05) is 21.5 Å². The number of benzene rings is 14. The van der Waals surface area contributed by atoms with Crippen LogP contribution in [0.2, 0.25) is 0 Å². The largest absolute Gasteiger partial charge is 0.456 e. The van der Waals surface area contributed by atoms with Crippen LogP contribution in [0.5, 0.6) is 0 Å². The molecule has 2 heteroatoms. The summed E-state index contributed by atoms with van der Waals surface area (Å²) in [6.45, 7) is 0. The zero-order chi connectivity index (χ0) is 45.6. The Hall–Kier alpha value is -9.24. The van der Waals surface area contributed by atoms with Crippen molar-refractivity contribution in [2.24, 2.45) is 0 Å². The lowest BCUT2D eigenvalue weighted by Gasteiger charge is -2.22. The zero-order valence-electron chi connectivity index (χ0n) is 37.8. The highest BCUT2D eigenvalue weighted by atomic mass is 16.3. The molecule has 2 heterocycles. The van der Waals surface area contributed by atoms with Crippen LogP contribution in [0.15, 0.2) is 239 Å². The molecule has 0 aliphatic heterocycles. The minimum atomic E-state index is 0.886. The maximum Gasteiger partial charge on any atom is 0.136 e. The van der Waals surface area contributed by atoms with E-state index in [4.69, 9.17) is 8.83 Å². The molecule has 16 rings (SSSR count). The van der Waals surface area contributed by atoms with Gasteiger partial charge >= 0.3 is 0 Å². The molecule has 0 aliphatic rings.